The first kappa shape index (κ1) is 20.2. The highest BCUT2D eigenvalue weighted by Gasteiger charge is 2.39. The van der Waals surface area contributed by atoms with Crippen LogP contribution in [0.5, 0.6) is 11.5 Å². The maximum Gasteiger partial charge on any atom is 0.164 e. The van der Waals surface area contributed by atoms with E-state index in [2.05, 4.69) is 42.2 Å². The number of fused-ring (bicyclic) bond motifs is 3. The molecule has 0 radical (unpaired) electrons. The fourth-order valence-corrected chi connectivity index (χ4v) is 4.90. The standard InChI is InChI=1S/C24H32N2O3/c1-16-5-4-6-17(13-16)20-15-26-10-9-19-18(22(26)14-21(20)25)7-8-23(28-3)24(19)29-12-11-27-2/h4-8,13,20-22H,9-12,14-15,25H2,1-3H3/t20-,21+,22+/m0/s1. The van der Waals surface area contributed by atoms with Gasteiger partial charge in [0.2, 0.25) is 0 Å². The Kier molecular flexibility index (Phi) is 6.09. The van der Waals surface area contributed by atoms with Gasteiger partial charge in [0.15, 0.2) is 11.5 Å². The summed E-state index contributed by atoms with van der Waals surface area (Å²) in [4.78, 5) is 2.60. The third-order valence-electron chi connectivity index (χ3n) is 6.38. The molecule has 29 heavy (non-hydrogen) atoms. The Morgan fingerprint density at radius 1 is 1.14 bits per heavy atom. The molecule has 2 heterocycles. The Morgan fingerprint density at radius 2 is 2.00 bits per heavy atom. The van der Waals surface area contributed by atoms with Crippen molar-refractivity contribution in [3.8, 4) is 11.5 Å². The smallest absolute Gasteiger partial charge is 0.164 e. The molecule has 1 saturated heterocycles. The van der Waals surface area contributed by atoms with Crippen molar-refractivity contribution in [2.45, 2.75) is 37.8 Å². The highest BCUT2D eigenvalue weighted by Crippen LogP contribution is 2.45. The molecule has 0 spiro atoms. The molecule has 0 aliphatic carbocycles. The summed E-state index contributed by atoms with van der Waals surface area (Å²) in [7, 11) is 3.38. The second-order valence-electron chi connectivity index (χ2n) is 8.19. The molecule has 4 rings (SSSR count). The van der Waals surface area contributed by atoms with E-state index in [0.29, 0.717) is 25.2 Å². The normalized spacial score (nSPS) is 23.9. The third-order valence-corrected chi connectivity index (χ3v) is 6.38. The van der Waals surface area contributed by atoms with Crippen molar-refractivity contribution in [3.05, 3.63) is 58.7 Å². The van der Waals surface area contributed by atoms with Gasteiger partial charge in [-0.25, -0.2) is 0 Å². The van der Waals surface area contributed by atoms with Crippen LogP contribution in [0.25, 0.3) is 0 Å². The minimum atomic E-state index is 0.143. The number of hydrogen-bond donors (Lipinski definition) is 1. The van der Waals surface area contributed by atoms with Crippen LogP contribution in [-0.4, -0.2) is 51.5 Å². The average Bonchev–Trinajstić information content (AvgIpc) is 2.73. The Bertz CT molecular complexity index is 854. The molecule has 2 aliphatic heterocycles. The number of benzene rings is 2. The predicted molar refractivity (Wildman–Crippen MR) is 115 cm³/mol. The number of ether oxygens (including phenoxy) is 3. The lowest BCUT2D eigenvalue weighted by atomic mass is 9.78. The van der Waals surface area contributed by atoms with Gasteiger partial charge in [-0.05, 0) is 37.0 Å². The van der Waals surface area contributed by atoms with Crippen LogP contribution in [0.2, 0.25) is 0 Å². The van der Waals surface area contributed by atoms with E-state index in [9.17, 15) is 0 Å². The molecule has 0 aromatic heterocycles. The summed E-state index contributed by atoms with van der Waals surface area (Å²) < 4.78 is 16.8. The number of rotatable bonds is 6. The zero-order chi connectivity index (χ0) is 20.4. The van der Waals surface area contributed by atoms with Gasteiger partial charge in [-0.1, -0.05) is 35.9 Å². The largest absolute Gasteiger partial charge is 0.493 e. The first-order valence-electron chi connectivity index (χ1n) is 10.5. The second-order valence-corrected chi connectivity index (χ2v) is 8.19. The molecule has 3 atom stereocenters. The van der Waals surface area contributed by atoms with E-state index in [0.717, 1.165) is 37.4 Å². The Balaban J connectivity index is 1.60. The van der Waals surface area contributed by atoms with Crippen molar-refractivity contribution in [2.75, 3.05) is 40.5 Å². The Labute approximate surface area is 173 Å². The van der Waals surface area contributed by atoms with Gasteiger partial charge in [-0.15, -0.1) is 0 Å². The minimum absolute atomic E-state index is 0.143. The van der Waals surface area contributed by atoms with Crippen molar-refractivity contribution in [2.24, 2.45) is 5.73 Å². The number of aryl methyl sites for hydroxylation is 1. The summed E-state index contributed by atoms with van der Waals surface area (Å²) in [5.41, 5.74) is 12.0. The van der Waals surface area contributed by atoms with Gasteiger partial charge in [-0.2, -0.15) is 0 Å². The van der Waals surface area contributed by atoms with Crippen molar-refractivity contribution < 1.29 is 14.2 Å². The zero-order valence-corrected chi connectivity index (χ0v) is 17.7. The van der Waals surface area contributed by atoms with Crippen molar-refractivity contribution in [3.63, 3.8) is 0 Å². The molecule has 2 aliphatic rings. The summed E-state index contributed by atoms with van der Waals surface area (Å²) >= 11 is 0. The van der Waals surface area contributed by atoms with Crippen LogP contribution in [0.15, 0.2) is 36.4 Å². The highest BCUT2D eigenvalue weighted by atomic mass is 16.5. The van der Waals surface area contributed by atoms with E-state index < -0.39 is 0 Å². The van der Waals surface area contributed by atoms with E-state index in [1.165, 1.54) is 22.3 Å². The molecule has 156 valence electrons. The van der Waals surface area contributed by atoms with E-state index in [-0.39, 0.29) is 6.04 Å². The summed E-state index contributed by atoms with van der Waals surface area (Å²) in [5, 5.41) is 0. The van der Waals surface area contributed by atoms with Crippen LogP contribution in [-0.2, 0) is 11.2 Å². The topological polar surface area (TPSA) is 57.0 Å². The average molecular weight is 397 g/mol. The van der Waals surface area contributed by atoms with Crippen molar-refractivity contribution >= 4 is 0 Å². The molecule has 5 heteroatoms. The lowest BCUT2D eigenvalue weighted by molar-refractivity contribution is 0.107. The zero-order valence-electron chi connectivity index (χ0n) is 17.7. The Hall–Kier alpha value is -2.08. The molecular formula is C24H32N2O3. The van der Waals surface area contributed by atoms with Gasteiger partial charge in [0.1, 0.15) is 6.61 Å². The number of methoxy groups -OCH3 is 2. The molecule has 0 bridgehead atoms. The van der Waals surface area contributed by atoms with E-state index in [1.807, 2.05) is 6.07 Å². The van der Waals surface area contributed by atoms with Gasteiger partial charge in [0.05, 0.1) is 13.7 Å². The third kappa shape index (κ3) is 4.00. The second kappa shape index (κ2) is 8.74. The Morgan fingerprint density at radius 3 is 2.76 bits per heavy atom. The molecule has 0 saturated carbocycles. The van der Waals surface area contributed by atoms with Crippen LogP contribution in [0.3, 0.4) is 0 Å². The number of nitrogens with two attached hydrogens (primary N) is 1. The SMILES string of the molecule is COCCOc1c(OC)ccc2c1CCN1C[C@@H](c3cccc(C)c3)[C@H](N)C[C@H]21. The molecule has 2 aromatic carbocycles. The van der Waals surface area contributed by atoms with Crippen LogP contribution in [0.1, 0.15) is 40.6 Å². The van der Waals surface area contributed by atoms with Crippen LogP contribution < -0.4 is 15.2 Å². The number of hydrogen-bond acceptors (Lipinski definition) is 5. The lowest BCUT2D eigenvalue weighted by Gasteiger charge is -2.46. The summed E-state index contributed by atoms with van der Waals surface area (Å²) in [6.07, 6.45) is 1.91. The fraction of sp³-hybridized carbons (Fsp3) is 0.500. The van der Waals surface area contributed by atoms with E-state index in [1.54, 1.807) is 14.2 Å². The van der Waals surface area contributed by atoms with Crippen molar-refractivity contribution in [1.82, 2.24) is 4.90 Å². The molecule has 0 amide bonds. The van der Waals surface area contributed by atoms with E-state index in [4.69, 9.17) is 19.9 Å². The quantitative estimate of drug-likeness (QED) is 0.758. The molecule has 5 nitrogen and oxygen atoms in total. The first-order valence-corrected chi connectivity index (χ1v) is 10.5. The molecule has 2 N–H and O–H groups in total. The monoisotopic (exact) mass is 396 g/mol. The van der Waals surface area contributed by atoms with Gasteiger partial charge >= 0.3 is 0 Å². The molecule has 2 aromatic rings. The van der Waals surface area contributed by atoms with Gasteiger partial charge in [0, 0.05) is 43.8 Å². The number of piperidine rings is 1. The highest BCUT2D eigenvalue weighted by molar-refractivity contribution is 5.53. The van der Waals surface area contributed by atoms with Crippen LogP contribution in [0.4, 0.5) is 0 Å². The van der Waals surface area contributed by atoms with E-state index >= 15 is 0 Å². The summed E-state index contributed by atoms with van der Waals surface area (Å²) in [5.74, 6) is 2.05. The lowest BCUT2D eigenvalue weighted by Crippen LogP contribution is -2.49. The number of nitrogens with zero attached hydrogens (tertiary/aromatic N) is 1. The minimum Gasteiger partial charge on any atom is -0.493 e. The van der Waals surface area contributed by atoms with Crippen molar-refractivity contribution in [1.29, 1.82) is 0 Å². The molecule has 0 unspecified atom stereocenters. The van der Waals surface area contributed by atoms with Crippen LogP contribution in [0, 0.1) is 6.92 Å². The maximum absolute atomic E-state index is 6.72. The van der Waals surface area contributed by atoms with Gasteiger partial charge < -0.3 is 19.9 Å². The molecular weight excluding hydrogens is 364 g/mol. The van der Waals surface area contributed by atoms with Gasteiger partial charge in [-0.3, -0.25) is 4.90 Å². The molecule has 1 fully saturated rings. The predicted octanol–water partition coefficient (Wildman–Crippen LogP) is 3.44. The fourth-order valence-electron chi connectivity index (χ4n) is 4.90. The summed E-state index contributed by atoms with van der Waals surface area (Å²) in [6.45, 7) is 5.25. The maximum atomic E-state index is 6.72. The first-order chi connectivity index (χ1) is 14.1. The summed E-state index contributed by atoms with van der Waals surface area (Å²) in [6, 6.07) is 13.5. The van der Waals surface area contributed by atoms with Crippen LogP contribution >= 0.6 is 0 Å². The van der Waals surface area contributed by atoms with Gasteiger partial charge in [0.25, 0.3) is 0 Å².